The number of carbonyl (C=O) groups is 1. The Morgan fingerprint density at radius 2 is 2.19 bits per heavy atom. The molecule has 4 nitrogen and oxygen atoms in total. The van der Waals surface area contributed by atoms with Crippen LogP contribution in [0.15, 0.2) is 18.2 Å². The first-order valence-electron chi connectivity index (χ1n) is 6.85. The normalized spacial score (nSPS) is 11.0. The summed E-state index contributed by atoms with van der Waals surface area (Å²) in [5, 5.41) is 17.5. The molecular weight excluding hydrogens is 264 g/mol. The highest BCUT2D eigenvalue weighted by Crippen LogP contribution is 2.15. The van der Waals surface area contributed by atoms with Crippen LogP contribution in [0.25, 0.3) is 0 Å². The summed E-state index contributed by atoms with van der Waals surface area (Å²) >= 11 is 0. The molecule has 1 aromatic carbocycles. The SMILES string of the molecule is Cc1ccc(C(=O)N(C)C(C)CC#N)c(C#CCCO)c1. The van der Waals surface area contributed by atoms with E-state index in [1.807, 2.05) is 26.0 Å². The maximum absolute atomic E-state index is 12.5. The number of rotatable bonds is 4. The van der Waals surface area contributed by atoms with E-state index >= 15 is 0 Å². The van der Waals surface area contributed by atoms with Crippen LogP contribution in [0, 0.1) is 30.1 Å². The van der Waals surface area contributed by atoms with Crippen molar-refractivity contribution in [3.8, 4) is 17.9 Å². The molecule has 0 fully saturated rings. The second-order valence-corrected chi connectivity index (χ2v) is 4.95. The largest absolute Gasteiger partial charge is 0.395 e. The average Bonchev–Trinajstić information content (AvgIpc) is 2.46. The Morgan fingerprint density at radius 1 is 1.48 bits per heavy atom. The molecule has 0 aliphatic rings. The maximum Gasteiger partial charge on any atom is 0.255 e. The second-order valence-electron chi connectivity index (χ2n) is 4.95. The zero-order valence-electron chi connectivity index (χ0n) is 12.7. The predicted octanol–water partition coefficient (Wildman–Crippen LogP) is 2.10. The molecule has 1 atom stereocenters. The van der Waals surface area contributed by atoms with E-state index in [4.69, 9.17) is 10.4 Å². The van der Waals surface area contributed by atoms with Gasteiger partial charge in [-0.3, -0.25) is 4.79 Å². The van der Waals surface area contributed by atoms with Crippen LogP contribution in [0.4, 0.5) is 0 Å². The Bertz CT molecular complexity index is 605. The van der Waals surface area contributed by atoms with Crippen molar-refractivity contribution in [2.24, 2.45) is 0 Å². The quantitative estimate of drug-likeness (QED) is 0.861. The Hall–Kier alpha value is -2.30. The number of aliphatic hydroxyl groups is 1. The highest BCUT2D eigenvalue weighted by molar-refractivity contribution is 5.96. The van der Waals surface area contributed by atoms with Crippen molar-refractivity contribution >= 4 is 5.91 Å². The van der Waals surface area contributed by atoms with Gasteiger partial charge in [0.15, 0.2) is 0 Å². The average molecular weight is 284 g/mol. The number of hydrogen-bond acceptors (Lipinski definition) is 3. The van der Waals surface area contributed by atoms with Crippen molar-refractivity contribution < 1.29 is 9.90 Å². The number of hydrogen-bond donors (Lipinski definition) is 1. The predicted molar refractivity (Wildman–Crippen MR) is 81.5 cm³/mol. The molecule has 0 radical (unpaired) electrons. The summed E-state index contributed by atoms with van der Waals surface area (Å²) in [6, 6.07) is 7.41. The third-order valence-electron chi connectivity index (χ3n) is 3.23. The number of nitrogens with zero attached hydrogens (tertiary/aromatic N) is 2. The van der Waals surface area contributed by atoms with Gasteiger partial charge in [0.1, 0.15) is 0 Å². The molecule has 1 rings (SSSR count). The number of aryl methyl sites for hydroxylation is 1. The summed E-state index contributed by atoms with van der Waals surface area (Å²) in [7, 11) is 1.69. The third-order valence-corrected chi connectivity index (χ3v) is 3.23. The first-order valence-corrected chi connectivity index (χ1v) is 6.85. The van der Waals surface area contributed by atoms with Crippen LogP contribution in [-0.2, 0) is 0 Å². The number of nitriles is 1. The van der Waals surface area contributed by atoms with Crippen molar-refractivity contribution in [1.82, 2.24) is 4.90 Å². The van der Waals surface area contributed by atoms with Crippen LogP contribution in [-0.4, -0.2) is 35.6 Å². The minimum atomic E-state index is -0.151. The summed E-state index contributed by atoms with van der Waals surface area (Å²) in [4.78, 5) is 14.1. The molecule has 0 saturated heterocycles. The lowest BCUT2D eigenvalue weighted by Gasteiger charge is -2.23. The smallest absolute Gasteiger partial charge is 0.255 e. The molecule has 0 aromatic heterocycles. The van der Waals surface area contributed by atoms with Crippen LogP contribution in [0.1, 0.15) is 41.3 Å². The van der Waals surface area contributed by atoms with Gasteiger partial charge in [-0.1, -0.05) is 17.9 Å². The van der Waals surface area contributed by atoms with E-state index in [1.54, 1.807) is 18.0 Å². The summed E-state index contributed by atoms with van der Waals surface area (Å²) in [5.74, 6) is 5.64. The molecule has 1 unspecified atom stereocenters. The van der Waals surface area contributed by atoms with Crippen LogP contribution >= 0.6 is 0 Å². The Labute approximate surface area is 126 Å². The molecule has 1 amide bonds. The lowest BCUT2D eigenvalue weighted by molar-refractivity contribution is 0.0746. The highest BCUT2D eigenvalue weighted by Gasteiger charge is 2.19. The molecule has 0 spiro atoms. The topological polar surface area (TPSA) is 64.3 Å². The first kappa shape index (κ1) is 16.8. The van der Waals surface area contributed by atoms with Gasteiger partial charge in [0, 0.05) is 25.1 Å². The Balaban J connectivity index is 3.10. The van der Waals surface area contributed by atoms with Crippen LogP contribution in [0.2, 0.25) is 0 Å². The van der Waals surface area contributed by atoms with Crippen LogP contribution in [0.3, 0.4) is 0 Å². The fourth-order valence-corrected chi connectivity index (χ4v) is 1.82. The number of carbonyl (C=O) groups excluding carboxylic acids is 1. The van der Waals surface area contributed by atoms with E-state index in [0.717, 1.165) is 5.56 Å². The molecule has 21 heavy (non-hydrogen) atoms. The molecule has 1 aromatic rings. The lowest BCUT2D eigenvalue weighted by Crippen LogP contribution is -2.35. The standard InChI is InChI=1S/C17H20N2O2/c1-13-7-8-16(15(12-13)6-4-5-11-20)17(21)19(3)14(2)9-10-18/h7-8,12,14,20H,5,9,11H2,1-3H3. The fraction of sp³-hybridized carbons (Fsp3) is 0.412. The molecule has 110 valence electrons. The summed E-state index contributed by atoms with van der Waals surface area (Å²) in [6.07, 6.45) is 0.669. The summed E-state index contributed by atoms with van der Waals surface area (Å²) < 4.78 is 0. The van der Waals surface area contributed by atoms with E-state index in [9.17, 15) is 4.79 Å². The van der Waals surface area contributed by atoms with Crippen LogP contribution in [0.5, 0.6) is 0 Å². The molecule has 0 aliphatic heterocycles. The van der Waals surface area contributed by atoms with E-state index in [0.29, 0.717) is 24.0 Å². The summed E-state index contributed by atoms with van der Waals surface area (Å²) in [6.45, 7) is 3.78. The van der Waals surface area contributed by atoms with Crippen LogP contribution < -0.4 is 0 Å². The van der Waals surface area contributed by atoms with E-state index < -0.39 is 0 Å². The van der Waals surface area contributed by atoms with Gasteiger partial charge >= 0.3 is 0 Å². The molecule has 4 heteroatoms. The number of benzene rings is 1. The number of amides is 1. The second kappa shape index (κ2) is 8.09. The number of aliphatic hydroxyl groups excluding tert-OH is 1. The van der Waals surface area contributed by atoms with Gasteiger partial charge in [0.2, 0.25) is 0 Å². The van der Waals surface area contributed by atoms with Gasteiger partial charge in [-0.2, -0.15) is 5.26 Å². The Kier molecular flexibility index (Phi) is 6.46. The minimum Gasteiger partial charge on any atom is -0.395 e. The van der Waals surface area contributed by atoms with E-state index in [-0.39, 0.29) is 18.6 Å². The maximum atomic E-state index is 12.5. The first-order chi connectivity index (χ1) is 10.0. The zero-order valence-corrected chi connectivity index (χ0v) is 12.7. The van der Waals surface area contributed by atoms with Gasteiger partial charge in [-0.05, 0) is 31.5 Å². The molecule has 0 bridgehead atoms. The molecule has 0 saturated carbocycles. The van der Waals surface area contributed by atoms with Crippen molar-refractivity contribution in [3.05, 3.63) is 34.9 Å². The minimum absolute atomic E-state index is 0.00119. The molecular formula is C17H20N2O2. The lowest BCUT2D eigenvalue weighted by atomic mass is 10.0. The molecule has 1 N–H and O–H groups in total. The highest BCUT2D eigenvalue weighted by atomic mass is 16.2. The van der Waals surface area contributed by atoms with Crippen molar-refractivity contribution in [2.45, 2.75) is 32.7 Å². The van der Waals surface area contributed by atoms with Crippen molar-refractivity contribution in [1.29, 1.82) is 5.26 Å². The van der Waals surface area contributed by atoms with Gasteiger partial charge in [-0.25, -0.2) is 0 Å². The van der Waals surface area contributed by atoms with Crippen molar-refractivity contribution in [2.75, 3.05) is 13.7 Å². The van der Waals surface area contributed by atoms with Gasteiger partial charge in [-0.15, -0.1) is 0 Å². The van der Waals surface area contributed by atoms with Gasteiger partial charge in [0.05, 0.1) is 24.7 Å². The zero-order chi connectivity index (χ0) is 15.8. The summed E-state index contributed by atoms with van der Waals surface area (Å²) in [5.41, 5.74) is 2.20. The van der Waals surface area contributed by atoms with Crippen molar-refractivity contribution in [3.63, 3.8) is 0 Å². The molecule has 0 heterocycles. The van der Waals surface area contributed by atoms with Gasteiger partial charge < -0.3 is 10.0 Å². The fourth-order valence-electron chi connectivity index (χ4n) is 1.82. The monoisotopic (exact) mass is 284 g/mol. The Morgan fingerprint density at radius 3 is 2.81 bits per heavy atom. The molecule has 0 aliphatic carbocycles. The third kappa shape index (κ3) is 4.63. The van der Waals surface area contributed by atoms with Gasteiger partial charge in [0.25, 0.3) is 5.91 Å². The van der Waals surface area contributed by atoms with E-state index in [2.05, 4.69) is 17.9 Å². The van der Waals surface area contributed by atoms with E-state index in [1.165, 1.54) is 0 Å².